The number of rotatable bonds is 2. The quantitative estimate of drug-likeness (QED) is 0.793. The molecule has 1 N–H and O–H groups in total. The zero-order valence-corrected chi connectivity index (χ0v) is 12.2. The summed E-state index contributed by atoms with van der Waals surface area (Å²) in [6, 6.07) is 3.52. The minimum atomic E-state index is -4.08. The summed E-state index contributed by atoms with van der Waals surface area (Å²) < 4.78 is 38.9. The lowest BCUT2D eigenvalue weighted by molar-refractivity contribution is -0.182. The lowest BCUT2D eigenvalue weighted by Gasteiger charge is -2.31. The fraction of sp³-hybridized carbons (Fsp3) is 0.615. The summed E-state index contributed by atoms with van der Waals surface area (Å²) in [4.78, 5) is 4.24. The molecule has 0 aliphatic heterocycles. The zero-order chi connectivity index (χ0) is 14.0. The molecule has 1 aliphatic rings. The van der Waals surface area contributed by atoms with Crippen LogP contribution in [0.15, 0.2) is 16.7 Å². The van der Waals surface area contributed by atoms with E-state index in [4.69, 9.17) is 0 Å². The first-order valence-electron chi connectivity index (χ1n) is 6.32. The number of pyridine rings is 1. The number of hydrogen-bond donors (Lipinski definition) is 1. The van der Waals surface area contributed by atoms with Crippen molar-refractivity contribution in [3.8, 4) is 0 Å². The normalized spacial score (nSPS) is 24.3. The molecular weight excluding hydrogens is 321 g/mol. The van der Waals surface area contributed by atoms with Gasteiger partial charge in [-0.1, -0.05) is 6.42 Å². The van der Waals surface area contributed by atoms with Crippen LogP contribution in [0, 0.1) is 12.8 Å². The molecule has 1 aliphatic carbocycles. The van der Waals surface area contributed by atoms with E-state index in [-0.39, 0.29) is 18.9 Å². The number of anilines is 1. The van der Waals surface area contributed by atoms with E-state index in [2.05, 4.69) is 26.2 Å². The molecule has 2 nitrogen and oxygen atoms in total. The molecular formula is C13H16BrF3N2. The predicted octanol–water partition coefficient (Wildman–Crippen LogP) is 4.69. The van der Waals surface area contributed by atoms with E-state index in [0.717, 1.165) is 22.4 Å². The first-order chi connectivity index (χ1) is 8.86. The van der Waals surface area contributed by atoms with Crippen LogP contribution in [0.25, 0.3) is 0 Å². The molecule has 0 aromatic carbocycles. The minimum absolute atomic E-state index is 0.123. The monoisotopic (exact) mass is 336 g/mol. The number of halogens is 4. The molecule has 1 fully saturated rings. The fourth-order valence-corrected chi connectivity index (χ4v) is 2.92. The molecule has 0 saturated heterocycles. The maximum absolute atomic E-state index is 12.7. The van der Waals surface area contributed by atoms with Gasteiger partial charge in [0.2, 0.25) is 0 Å². The maximum Gasteiger partial charge on any atom is 0.391 e. The third-order valence-electron chi connectivity index (χ3n) is 3.55. The number of nitrogens with zero attached hydrogens (tertiary/aromatic N) is 1. The molecule has 1 aromatic heterocycles. The van der Waals surface area contributed by atoms with Gasteiger partial charge in [-0.05, 0) is 54.2 Å². The SMILES string of the molecule is Cc1nc(Br)ccc1NC1CCCC(C(F)(F)F)C1. The first-order valence-corrected chi connectivity index (χ1v) is 7.12. The second-order valence-electron chi connectivity index (χ2n) is 5.01. The summed E-state index contributed by atoms with van der Waals surface area (Å²) in [6.45, 7) is 1.84. The van der Waals surface area contributed by atoms with Gasteiger partial charge in [-0.3, -0.25) is 0 Å². The second kappa shape index (κ2) is 5.69. The number of alkyl halides is 3. The first kappa shape index (κ1) is 14.6. The van der Waals surface area contributed by atoms with Crippen molar-refractivity contribution in [3.63, 3.8) is 0 Å². The summed E-state index contributed by atoms with van der Waals surface area (Å²) in [5.41, 5.74) is 1.61. The van der Waals surface area contributed by atoms with E-state index < -0.39 is 12.1 Å². The summed E-state index contributed by atoms with van der Waals surface area (Å²) in [5, 5.41) is 3.20. The van der Waals surface area contributed by atoms with Gasteiger partial charge in [-0.2, -0.15) is 13.2 Å². The Morgan fingerprint density at radius 1 is 1.32 bits per heavy atom. The number of aromatic nitrogens is 1. The molecule has 0 amide bonds. The summed E-state index contributed by atoms with van der Waals surface area (Å²) in [7, 11) is 0. The van der Waals surface area contributed by atoms with Gasteiger partial charge < -0.3 is 5.32 Å². The van der Waals surface area contributed by atoms with Gasteiger partial charge >= 0.3 is 6.18 Å². The third kappa shape index (κ3) is 3.84. The average molecular weight is 337 g/mol. The number of nitrogens with one attached hydrogen (secondary N) is 1. The van der Waals surface area contributed by atoms with Crippen LogP contribution in [-0.4, -0.2) is 17.2 Å². The molecule has 1 heterocycles. The van der Waals surface area contributed by atoms with E-state index in [9.17, 15) is 13.2 Å². The van der Waals surface area contributed by atoms with Crippen molar-refractivity contribution in [1.82, 2.24) is 4.98 Å². The van der Waals surface area contributed by atoms with Gasteiger partial charge in [0.05, 0.1) is 17.3 Å². The van der Waals surface area contributed by atoms with E-state index in [1.54, 1.807) is 6.07 Å². The van der Waals surface area contributed by atoms with Crippen LogP contribution in [0.3, 0.4) is 0 Å². The van der Waals surface area contributed by atoms with E-state index in [1.807, 2.05) is 13.0 Å². The van der Waals surface area contributed by atoms with E-state index in [1.165, 1.54) is 0 Å². The van der Waals surface area contributed by atoms with Gasteiger partial charge in [-0.15, -0.1) is 0 Å². The minimum Gasteiger partial charge on any atom is -0.381 e. The summed E-state index contributed by atoms with van der Waals surface area (Å²) in [5.74, 6) is -1.18. The highest BCUT2D eigenvalue weighted by Gasteiger charge is 2.42. The second-order valence-corrected chi connectivity index (χ2v) is 5.83. The fourth-order valence-electron chi connectivity index (χ4n) is 2.52. The topological polar surface area (TPSA) is 24.9 Å². The van der Waals surface area contributed by atoms with E-state index in [0.29, 0.717) is 6.42 Å². The largest absolute Gasteiger partial charge is 0.391 e. The molecule has 2 unspecified atom stereocenters. The zero-order valence-electron chi connectivity index (χ0n) is 10.6. The molecule has 0 bridgehead atoms. The Labute approximate surface area is 118 Å². The highest BCUT2D eigenvalue weighted by atomic mass is 79.9. The Balaban J connectivity index is 2.03. The highest BCUT2D eigenvalue weighted by molar-refractivity contribution is 9.10. The Morgan fingerprint density at radius 3 is 2.68 bits per heavy atom. The van der Waals surface area contributed by atoms with Crippen LogP contribution in [0.1, 0.15) is 31.4 Å². The van der Waals surface area contributed by atoms with Crippen LogP contribution in [0.5, 0.6) is 0 Å². The maximum atomic E-state index is 12.7. The van der Waals surface area contributed by atoms with Gasteiger partial charge in [0, 0.05) is 6.04 Å². The van der Waals surface area contributed by atoms with Crippen LogP contribution >= 0.6 is 15.9 Å². The molecule has 0 spiro atoms. The molecule has 19 heavy (non-hydrogen) atoms. The number of aryl methyl sites for hydroxylation is 1. The third-order valence-corrected chi connectivity index (χ3v) is 3.99. The summed E-state index contributed by atoms with van der Waals surface area (Å²) in [6.07, 6.45) is -2.28. The molecule has 6 heteroatoms. The Kier molecular flexibility index (Phi) is 4.38. The lowest BCUT2D eigenvalue weighted by Crippen LogP contribution is -2.34. The Bertz CT molecular complexity index is 448. The highest BCUT2D eigenvalue weighted by Crippen LogP contribution is 2.38. The van der Waals surface area contributed by atoms with E-state index >= 15 is 0 Å². The molecule has 0 radical (unpaired) electrons. The van der Waals surface area contributed by atoms with Crippen molar-refractivity contribution < 1.29 is 13.2 Å². The molecule has 2 rings (SSSR count). The van der Waals surface area contributed by atoms with Gasteiger partial charge in [0.15, 0.2) is 0 Å². The molecule has 1 aromatic rings. The van der Waals surface area contributed by atoms with Crippen molar-refractivity contribution in [3.05, 3.63) is 22.4 Å². The lowest BCUT2D eigenvalue weighted by atomic mass is 9.85. The van der Waals surface area contributed by atoms with Gasteiger partial charge in [0.25, 0.3) is 0 Å². The number of hydrogen-bond acceptors (Lipinski definition) is 2. The smallest absolute Gasteiger partial charge is 0.381 e. The van der Waals surface area contributed by atoms with Crippen LogP contribution < -0.4 is 5.32 Å². The van der Waals surface area contributed by atoms with Crippen molar-refractivity contribution >= 4 is 21.6 Å². The van der Waals surface area contributed by atoms with Crippen molar-refractivity contribution in [2.75, 3.05) is 5.32 Å². The standard InChI is InChI=1S/C13H16BrF3N2/c1-8-11(5-6-12(14)18-8)19-10-4-2-3-9(7-10)13(15,16)17/h5-6,9-10,19H,2-4,7H2,1H3. The van der Waals surface area contributed by atoms with Crippen molar-refractivity contribution in [2.24, 2.45) is 5.92 Å². The molecule has 106 valence electrons. The molecule has 2 atom stereocenters. The van der Waals surface area contributed by atoms with Crippen LogP contribution in [0.2, 0.25) is 0 Å². The van der Waals surface area contributed by atoms with Gasteiger partial charge in [-0.25, -0.2) is 4.98 Å². The van der Waals surface area contributed by atoms with Crippen LogP contribution in [-0.2, 0) is 0 Å². The predicted molar refractivity (Wildman–Crippen MR) is 72.1 cm³/mol. The Hall–Kier alpha value is -0.780. The summed E-state index contributed by atoms with van der Waals surface area (Å²) >= 11 is 3.27. The van der Waals surface area contributed by atoms with Crippen molar-refractivity contribution in [2.45, 2.75) is 44.8 Å². The Morgan fingerprint density at radius 2 is 2.05 bits per heavy atom. The molecule has 1 saturated carbocycles. The van der Waals surface area contributed by atoms with Crippen LogP contribution in [0.4, 0.5) is 18.9 Å². The van der Waals surface area contributed by atoms with Crippen molar-refractivity contribution in [1.29, 1.82) is 0 Å². The van der Waals surface area contributed by atoms with Gasteiger partial charge in [0.1, 0.15) is 4.60 Å². The average Bonchev–Trinajstić information content (AvgIpc) is 2.32.